The summed E-state index contributed by atoms with van der Waals surface area (Å²) in [6.45, 7) is 5.54. The first-order valence-corrected chi connectivity index (χ1v) is 6.64. The van der Waals surface area contributed by atoms with Crippen LogP contribution in [0.4, 0.5) is 0 Å². The molecule has 4 heteroatoms. The highest BCUT2D eigenvalue weighted by atomic mass is 16.5. The number of hydrogen-bond acceptors (Lipinski definition) is 4. The summed E-state index contributed by atoms with van der Waals surface area (Å²) in [4.78, 5) is 11.4. The molecule has 0 bridgehead atoms. The van der Waals surface area contributed by atoms with Crippen LogP contribution in [0.25, 0.3) is 0 Å². The van der Waals surface area contributed by atoms with Crippen LogP contribution in [-0.4, -0.2) is 39.4 Å². The maximum Gasteiger partial charge on any atom is 0.309 e. The van der Waals surface area contributed by atoms with Crippen molar-refractivity contribution < 1.29 is 14.3 Å². The fourth-order valence-electron chi connectivity index (χ4n) is 2.18. The monoisotopic (exact) mass is 243 g/mol. The number of esters is 1. The van der Waals surface area contributed by atoms with E-state index in [4.69, 9.17) is 9.47 Å². The summed E-state index contributed by atoms with van der Waals surface area (Å²) in [6.07, 6.45) is 4.36. The van der Waals surface area contributed by atoms with Gasteiger partial charge in [-0.1, -0.05) is 6.92 Å². The van der Waals surface area contributed by atoms with Crippen LogP contribution >= 0.6 is 0 Å². The van der Waals surface area contributed by atoms with E-state index in [2.05, 4.69) is 5.32 Å². The Morgan fingerprint density at radius 1 is 1.47 bits per heavy atom. The predicted molar refractivity (Wildman–Crippen MR) is 66.8 cm³/mol. The minimum atomic E-state index is -0.105. The van der Waals surface area contributed by atoms with Gasteiger partial charge in [0.1, 0.15) is 0 Å². The first-order valence-electron chi connectivity index (χ1n) is 6.64. The van der Waals surface area contributed by atoms with Crippen molar-refractivity contribution in [1.29, 1.82) is 0 Å². The van der Waals surface area contributed by atoms with E-state index in [9.17, 15) is 4.79 Å². The van der Waals surface area contributed by atoms with Crippen LogP contribution in [0.5, 0.6) is 0 Å². The largest absolute Gasteiger partial charge is 0.469 e. The molecule has 1 fully saturated rings. The van der Waals surface area contributed by atoms with Crippen molar-refractivity contribution in [3.63, 3.8) is 0 Å². The smallest absolute Gasteiger partial charge is 0.309 e. The zero-order valence-corrected chi connectivity index (χ0v) is 11.0. The minimum absolute atomic E-state index is 0.00492. The fraction of sp³-hybridized carbons (Fsp3) is 0.923. The number of nitrogens with one attached hydrogen (secondary N) is 1. The lowest BCUT2D eigenvalue weighted by molar-refractivity contribution is -0.145. The number of methoxy groups -OCH3 is 1. The summed E-state index contributed by atoms with van der Waals surface area (Å²) < 4.78 is 10.1. The molecule has 1 aliphatic heterocycles. The van der Waals surface area contributed by atoms with Crippen LogP contribution in [0.2, 0.25) is 0 Å². The van der Waals surface area contributed by atoms with Crippen LogP contribution in [0, 0.1) is 11.8 Å². The third-order valence-corrected chi connectivity index (χ3v) is 3.49. The van der Waals surface area contributed by atoms with E-state index in [1.165, 1.54) is 26.4 Å². The average molecular weight is 243 g/mol. The Kier molecular flexibility index (Phi) is 7.21. The van der Waals surface area contributed by atoms with Crippen molar-refractivity contribution in [2.24, 2.45) is 11.8 Å². The standard InChI is InChI=1S/C13H25NO3/c1-3-12(13(15)16-2)10-14-7-4-11-5-8-17-9-6-11/h11-12,14H,3-10H2,1-2H3. The summed E-state index contributed by atoms with van der Waals surface area (Å²) in [5, 5.41) is 3.36. The Hall–Kier alpha value is -0.610. The van der Waals surface area contributed by atoms with E-state index in [1.807, 2.05) is 6.92 Å². The van der Waals surface area contributed by atoms with Gasteiger partial charge in [-0.15, -0.1) is 0 Å². The number of hydrogen-bond donors (Lipinski definition) is 1. The van der Waals surface area contributed by atoms with E-state index >= 15 is 0 Å². The lowest BCUT2D eigenvalue weighted by atomic mass is 9.96. The molecule has 0 spiro atoms. The van der Waals surface area contributed by atoms with Gasteiger partial charge in [-0.2, -0.15) is 0 Å². The molecule has 0 saturated carbocycles. The highest BCUT2D eigenvalue weighted by molar-refractivity contribution is 5.72. The molecule has 0 amide bonds. The molecule has 100 valence electrons. The number of carbonyl (C=O) groups excluding carboxylic acids is 1. The van der Waals surface area contributed by atoms with Crippen LogP contribution < -0.4 is 5.32 Å². The number of ether oxygens (including phenoxy) is 2. The van der Waals surface area contributed by atoms with E-state index in [0.29, 0.717) is 0 Å². The molecule has 0 aliphatic carbocycles. The third kappa shape index (κ3) is 5.50. The zero-order valence-electron chi connectivity index (χ0n) is 11.0. The van der Waals surface area contributed by atoms with E-state index in [-0.39, 0.29) is 11.9 Å². The van der Waals surface area contributed by atoms with Crippen LogP contribution in [0.3, 0.4) is 0 Å². The van der Waals surface area contributed by atoms with Crippen molar-refractivity contribution in [1.82, 2.24) is 5.32 Å². The molecular formula is C13H25NO3. The average Bonchev–Trinajstić information content (AvgIpc) is 2.39. The molecule has 17 heavy (non-hydrogen) atoms. The fourth-order valence-corrected chi connectivity index (χ4v) is 2.18. The summed E-state index contributed by atoms with van der Waals surface area (Å²) in [5.74, 6) is 0.676. The minimum Gasteiger partial charge on any atom is -0.469 e. The van der Waals surface area contributed by atoms with Gasteiger partial charge < -0.3 is 14.8 Å². The maximum absolute atomic E-state index is 11.4. The Balaban J connectivity index is 2.07. The molecule has 1 unspecified atom stereocenters. The highest BCUT2D eigenvalue weighted by Crippen LogP contribution is 2.17. The Morgan fingerprint density at radius 3 is 2.76 bits per heavy atom. The van der Waals surface area contributed by atoms with E-state index in [1.54, 1.807) is 0 Å². The highest BCUT2D eigenvalue weighted by Gasteiger charge is 2.17. The van der Waals surface area contributed by atoms with Gasteiger partial charge in [0, 0.05) is 19.8 Å². The molecule has 1 heterocycles. The quantitative estimate of drug-likeness (QED) is 0.545. The molecule has 1 saturated heterocycles. The van der Waals surface area contributed by atoms with Gasteiger partial charge in [0.15, 0.2) is 0 Å². The molecule has 1 N–H and O–H groups in total. The third-order valence-electron chi connectivity index (χ3n) is 3.49. The molecule has 1 rings (SSSR count). The molecule has 4 nitrogen and oxygen atoms in total. The van der Waals surface area contributed by atoms with Crippen molar-refractivity contribution in [3.05, 3.63) is 0 Å². The van der Waals surface area contributed by atoms with Crippen LogP contribution in [0.15, 0.2) is 0 Å². The predicted octanol–water partition coefficient (Wildman–Crippen LogP) is 1.59. The SMILES string of the molecule is CCC(CNCCC1CCOCC1)C(=O)OC. The maximum atomic E-state index is 11.4. The molecule has 0 aromatic carbocycles. The summed E-state index contributed by atoms with van der Waals surface area (Å²) in [7, 11) is 1.45. The van der Waals surface area contributed by atoms with Gasteiger partial charge >= 0.3 is 5.97 Å². The van der Waals surface area contributed by atoms with Crippen LogP contribution in [-0.2, 0) is 14.3 Å². The normalized spacial score (nSPS) is 18.9. The van der Waals surface area contributed by atoms with Gasteiger partial charge in [0.2, 0.25) is 0 Å². The Bertz CT molecular complexity index is 215. The molecule has 0 aromatic heterocycles. The first-order chi connectivity index (χ1) is 8.27. The van der Waals surface area contributed by atoms with E-state index < -0.39 is 0 Å². The van der Waals surface area contributed by atoms with Gasteiger partial charge in [-0.25, -0.2) is 0 Å². The second kappa shape index (κ2) is 8.48. The van der Waals surface area contributed by atoms with Gasteiger partial charge in [-0.3, -0.25) is 4.79 Å². The van der Waals surface area contributed by atoms with Crippen molar-refractivity contribution in [3.8, 4) is 0 Å². The summed E-state index contributed by atoms with van der Waals surface area (Å²) in [6, 6.07) is 0. The molecule has 1 aliphatic rings. The Labute approximate surface area is 104 Å². The summed E-state index contributed by atoms with van der Waals surface area (Å²) >= 11 is 0. The lowest BCUT2D eigenvalue weighted by Crippen LogP contribution is -2.31. The summed E-state index contributed by atoms with van der Waals surface area (Å²) in [5.41, 5.74) is 0. The second-order valence-corrected chi connectivity index (χ2v) is 4.68. The molecular weight excluding hydrogens is 218 g/mol. The topological polar surface area (TPSA) is 47.6 Å². The van der Waals surface area contributed by atoms with Gasteiger partial charge in [0.25, 0.3) is 0 Å². The second-order valence-electron chi connectivity index (χ2n) is 4.68. The van der Waals surface area contributed by atoms with Gasteiger partial charge in [0.05, 0.1) is 13.0 Å². The van der Waals surface area contributed by atoms with Crippen LogP contribution in [0.1, 0.15) is 32.6 Å². The zero-order chi connectivity index (χ0) is 12.5. The molecule has 1 atom stereocenters. The van der Waals surface area contributed by atoms with Crippen molar-refractivity contribution in [2.45, 2.75) is 32.6 Å². The number of carbonyl (C=O) groups is 1. The molecule has 0 aromatic rings. The lowest BCUT2D eigenvalue weighted by Gasteiger charge is -2.22. The Morgan fingerprint density at radius 2 is 2.18 bits per heavy atom. The number of rotatable bonds is 7. The van der Waals surface area contributed by atoms with Gasteiger partial charge in [-0.05, 0) is 38.1 Å². The molecule has 0 radical (unpaired) electrons. The van der Waals surface area contributed by atoms with Crippen molar-refractivity contribution >= 4 is 5.97 Å². The van der Waals surface area contributed by atoms with E-state index in [0.717, 1.165) is 38.6 Å². The van der Waals surface area contributed by atoms with Crippen molar-refractivity contribution in [2.75, 3.05) is 33.4 Å². The first kappa shape index (κ1) is 14.5.